The van der Waals surface area contributed by atoms with E-state index < -0.39 is 82.1 Å². The quantitative estimate of drug-likeness (QED) is 0.0988. The molecule has 0 aromatic heterocycles. The summed E-state index contributed by atoms with van der Waals surface area (Å²) in [6.07, 6.45) is -7.23. The molecule has 0 radical (unpaired) electrons. The predicted molar refractivity (Wildman–Crippen MR) is 166 cm³/mol. The molecule has 2 aliphatic rings. The second-order valence-corrected chi connectivity index (χ2v) is 17.7. The van der Waals surface area contributed by atoms with Crippen LogP contribution in [0.2, 0.25) is 18.1 Å². The number of carbonyl (C=O) groups excluding carboxylic acids is 1. The Kier molecular flexibility index (Phi) is 12.8. The molecule has 2 aliphatic heterocycles. The molecule has 2 heterocycles. The van der Waals surface area contributed by atoms with Gasteiger partial charge in [-0.25, -0.2) is 0 Å². The number of ether oxygens (including phenoxy) is 5. The Bertz CT molecular complexity index is 1120. The molecule has 1 aromatic carbocycles. The highest BCUT2D eigenvalue weighted by Crippen LogP contribution is 2.47. The van der Waals surface area contributed by atoms with Gasteiger partial charge in [-0.1, -0.05) is 77.0 Å². The highest BCUT2D eigenvalue weighted by atomic mass is 28.4. The zero-order valence-corrected chi connectivity index (χ0v) is 28.5. The number of nitrogens with zero attached hydrogens (tertiary/aromatic N) is 3. The molecular weight excluding hydrogens is 586 g/mol. The lowest BCUT2D eigenvalue weighted by atomic mass is 9.87. The van der Waals surface area contributed by atoms with Crippen LogP contribution < -0.4 is 0 Å². The van der Waals surface area contributed by atoms with Gasteiger partial charge in [-0.2, -0.15) is 0 Å². The summed E-state index contributed by atoms with van der Waals surface area (Å²) in [7, 11) is -2.39. The van der Waals surface area contributed by atoms with Crippen molar-refractivity contribution in [3.05, 3.63) is 46.3 Å². The van der Waals surface area contributed by atoms with Gasteiger partial charge < -0.3 is 38.3 Å². The van der Waals surface area contributed by atoms with E-state index in [1.165, 1.54) is 6.92 Å². The summed E-state index contributed by atoms with van der Waals surface area (Å²) in [6.45, 7) is 17.7. The lowest BCUT2D eigenvalue weighted by Gasteiger charge is -2.51. The van der Waals surface area contributed by atoms with Crippen LogP contribution in [0.15, 0.2) is 35.4 Å². The fourth-order valence-electron chi connectivity index (χ4n) is 5.69. The lowest BCUT2D eigenvalue weighted by molar-refractivity contribution is -0.342. The van der Waals surface area contributed by atoms with E-state index in [-0.39, 0.29) is 11.6 Å². The molecule has 0 saturated carbocycles. The summed E-state index contributed by atoms with van der Waals surface area (Å²) in [5.41, 5.74) is 10.4. The van der Waals surface area contributed by atoms with Crippen molar-refractivity contribution in [3.8, 4) is 0 Å². The molecule has 1 aromatic rings. The first-order valence-electron chi connectivity index (χ1n) is 15.5. The van der Waals surface area contributed by atoms with Crippen LogP contribution in [-0.4, -0.2) is 86.4 Å². The molecular formula is C31H51N3O9Si. The number of azide groups is 1. The second kappa shape index (κ2) is 15.5. The van der Waals surface area contributed by atoms with E-state index in [0.717, 1.165) is 5.56 Å². The SMILES string of the molecule is CCC1O[C@@H](O[Si](C)(C)C(C)(C)C(C)C)C(N=[N+]=[N-])[C@@H](C)[C@@H]1O[C@@H]1OC(CO)[C@@H](O)[C@@H](OCc2ccccc2)C1OC(C)=O. The zero-order valence-electron chi connectivity index (χ0n) is 27.5. The van der Waals surface area contributed by atoms with E-state index >= 15 is 0 Å². The van der Waals surface area contributed by atoms with Crippen LogP contribution in [0.5, 0.6) is 0 Å². The third-order valence-corrected chi connectivity index (χ3v) is 14.2. The van der Waals surface area contributed by atoms with Crippen molar-refractivity contribution in [3.63, 3.8) is 0 Å². The molecule has 0 amide bonds. The number of esters is 1. The normalized spacial score (nSPS) is 33.1. The van der Waals surface area contributed by atoms with E-state index in [1.54, 1.807) is 0 Å². The molecule has 44 heavy (non-hydrogen) atoms. The van der Waals surface area contributed by atoms with Crippen molar-refractivity contribution >= 4 is 14.3 Å². The van der Waals surface area contributed by atoms with E-state index in [0.29, 0.717) is 12.3 Å². The highest BCUT2D eigenvalue weighted by molar-refractivity contribution is 6.74. The minimum absolute atomic E-state index is 0.0995. The highest BCUT2D eigenvalue weighted by Gasteiger charge is 2.54. The molecule has 4 unspecified atom stereocenters. The van der Waals surface area contributed by atoms with Gasteiger partial charge in [0.05, 0.1) is 31.5 Å². The molecule has 2 fully saturated rings. The number of rotatable bonds is 13. The summed E-state index contributed by atoms with van der Waals surface area (Å²) in [5.74, 6) is -0.656. The van der Waals surface area contributed by atoms with Crippen LogP contribution in [0.3, 0.4) is 0 Å². The Labute approximate surface area is 262 Å². The van der Waals surface area contributed by atoms with Crippen LogP contribution in [0.4, 0.5) is 0 Å². The van der Waals surface area contributed by atoms with Crippen LogP contribution in [0.1, 0.15) is 60.5 Å². The molecule has 2 N–H and O–H groups in total. The third kappa shape index (κ3) is 8.20. The maximum absolute atomic E-state index is 12.2. The van der Waals surface area contributed by atoms with Gasteiger partial charge in [0.25, 0.3) is 0 Å². The number of benzene rings is 1. The van der Waals surface area contributed by atoms with Gasteiger partial charge in [0.1, 0.15) is 18.3 Å². The molecule has 0 aliphatic carbocycles. The number of aliphatic hydroxyl groups is 2. The molecule has 13 heteroatoms. The van der Waals surface area contributed by atoms with Crippen molar-refractivity contribution in [2.75, 3.05) is 6.61 Å². The maximum Gasteiger partial charge on any atom is 0.303 e. The Morgan fingerprint density at radius 1 is 1.11 bits per heavy atom. The summed E-state index contributed by atoms with van der Waals surface area (Å²) < 4.78 is 37.5. The van der Waals surface area contributed by atoms with Gasteiger partial charge in [-0.05, 0) is 47.5 Å². The second-order valence-electron chi connectivity index (χ2n) is 13.2. The fraction of sp³-hybridized carbons (Fsp3) is 0.774. The van der Waals surface area contributed by atoms with Crippen molar-refractivity contribution in [1.82, 2.24) is 0 Å². The van der Waals surface area contributed by atoms with Gasteiger partial charge in [-0.3, -0.25) is 4.79 Å². The molecule has 12 nitrogen and oxygen atoms in total. The first-order chi connectivity index (χ1) is 20.7. The smallest absolute Gasteiger partial charge is 0.303 e. The number of hydrogen-bond donors (Lipinski definition) is 2. The zero-order chi connectivity index (χ0) is 32.8. The van der Waals surface area contributed by atoms with Gasteiger partial charge in [0, 0.05) is 11.8 Å². The van der Waals surface area contributed by atoms with Crippen LogP contribution in [0, 0.1) is 11.8 Å². The number of carbonyl (C=O) groups is 1. The van der Waals surface area contributed by atoms with E-state index in [2.05, 4.69) is 50.8 Å². The van der Waals surface area contributed by atoms with Gasteiger partial charge in [0.2, 0.25) is 0 Å². The summed E-state index contributed by atoms with van der Waals surface area (Å²) in [6, 6.07) is 8.64. The first-order valence-corrected chi connectivity index (χ1v) is 18.4. The lowest BCUT2D eigenvalue weighted by Crippen LogP contribution is -2.64. The molecule has 2 saturated heterocycles. The minimum Gasteiger partial charge on any atom is -0.454 e. The molecule has 10 atom stereocenters. The molecule has 3 rings (SSSR count). The van der Waals surface area contributed by atoms with Gasteiger partial charge >= 0.3 is 5.97 Å². The van der Waals surface area contributed by atoms with Crippen LogP contribution in [-0.2, 0) is 39.5 Å². The van der Waals surface area contributed by atoms with Crippen molar-refractivity contribution in [1.29, 1.82) is 0 Å². The molecule has 0 bridgehead atoms. The average Bonchev–Trinajstić information content (AvgIpc) is 2.97. The molecule has 0 spiro atoms. The van der Waals surface area contributed by atoms with E-state index in [9.17, 15) is 20.5 Å². The Hall–Kier alpha value is -2.06. The Morgan fingerprint density at radius 2 is 1.75 bits per heavy atom. The van der Waals surface area contributed by atoms with Crippen molar-refractivity contribution in [2.45, 2.75) is 135 Å². The minimum atomic E-state index is -2.39. The Morgan fingerprint density at radius 3 is 2.30 bits per heavy atom. The topological polar surface area (TPSA) is 162 Å². The van der Waals surface area contributed by atoms with Gasteiger partial charge in [0.15, 0.2) is 27.0 Å². The van der Waals surface area contributed by atoms with Crippen LogP contribution in [0.25, 0.3) is 10.4 Å². The van der Waals surface area contributed by atoms with Gasteiger partial charge in [-0.15, -0.1) is 0 Å². The molecule has 248 valence electrons. The van der Waals surface area contributed by atoms with Crippen molar-refractivity contribution in [2.24, 2.45) is 17.0 Å². The van der Waals surface area contributed by atoms with E-state index in [4.69, 9.17) is 28.1 Å². The maximum atomic E-state index is 12.2. The fourth-order valence-corrected chi connectivity index (χ4v) is 8.16. The third-order valence-electron chi connectivity index (χ3n) is 9.68. The average molecular weight is 638 g/mol. The first kappa shape index (κ1) is 36.4. The summed E-state index contributed by atoms with van der Waals surface area (Å²) >= 11 is 0. The van der Waals surface area contributed by atoms with Crippen molar-refractivity contribution < 1.29 is 43.1 Å². The monoisotopic (exact) mass is 637 g/mol. The predicted octanol–water partition coefficient (Wildman–Crippen LogP) is 5.07. The number of aliphatic hydroxyl groups excluding tert-OH is 2. The summed E-state index contributed by atoms with van der Waals surface area (Å²) in [4.78, 5) is 15.4. The Balaban J connectivity index is 1.91. The standard InChI is InChI=1S/C31H51N3O9Si/c1-10-22-26(19(4)24(33-34-32)29(40-22)43-44(8,9)31(6,7)18(2)3)42-30-28(39-20(5)36)27(25(37)23(16-35)41-30)38-17-21-14-12-11-13-15-21/h11-15,18-19,22-30,35,37H,10,16-17H2,1-9H3/t19-,22?,23?,24?,25-,26+,27-,28?,29+,30+/m1/s1. The summed E-state index contributed by atoms with van der Waals surface area (Å²) in [5, 5.41) is 25.1. The van der Waals surface area contributed by atoms with Crippen LogP contribution >= 0.6 is 0 Å². The largest absolute Gasteiger partial charge is 0.454 e. The number of hydrogen-bond acceptors (Lipinski definition) is 10. The van der Waals surface area contributed by atoms with E-state index in [1.807, 2.05) is 44.2 Å².